The summed E-state index contributed by atoms with van der Waals surface area (Å²) in [4.78, 5) is 19.4. The molecule has 2 rings (SSSR count). The summed E-state index contributed by atoms with van der Waals surface area (Å²) in [5.74, 6) is 0.687. The minimum Gasteiger partial charge on any atom is -0.444 e. The minimum absolute atomic E-state index is 0. The maximum Gasteiger partial charge on any atom is 0.412 e. The Morgan fingerprint density at radius 2 is 1.84 bits per heavy atom. The van der Waals surface area contributed by atoms with Gasteiger partial charge in [0.15, 0.2) is 5.96 Å². The Bertz CT molecular complexity index is 632. The first kappa shape index (κ1) is 29.2. The van der Waals surface area contributed by atoms with Gasteiger partial charge in [0.25, 0.3) is 0 Å². The predicted molar refractivity (Wildman–Crippen MR) is 136 cm³/mol. The van der Waals surface area contributed by atoms with Gasteiger partial charge in [-0.2, -0.15) is 0 Å². The number of hydrogen-bond acceptors (Lipinski definition) is 6. The average Bonchev–Trinajstić information content (AvgIpc) is 2.91. The Hall–Kier alpha value is -0.850. The van der Waals surface area contributed by atoms with Crippen molar-refractivity contribution in [3.05, 3.63) is 0 Å². The third kappa shape index (κ3) is 7.88. The summed E-state index contributed by atoms with van der Waals surface area (Å²) in [6.45, 7) is 16.5. The van der Waals surface area contributed by atoms with Gasteiger partial charge in [-0.25, -0.2) is 4.79 Å². The SMILES string of the molecule is CCNC(=NCC1(OC)CCOCC1)NCC1C(C)OC(C)(C)N1C(=O)OC(C)(C)C.I. The molecule has 2 saturated heterocycles. The Labute approximate surface area is 210 Å². The van der Waals surface area contributed by atoms with Gasteiger partial charge in [-0.1, -0.05) is 0 Å². The molecular weight excluding hydrogens is 527 g/mol. The van der Waals surface area contributed by atoms with Gasteiger partial charge < -0.3 is 29.6 Å². The highest BCUT2D eigenvalue weighted by Crippen LogP contribution is 2.33. The van der Waals surface area contributed by atoms with E-state index >= 15 is 0 Å². The van der Waals surface area contributed by atoms with Crippen LogP contribution in [0.1, 0.15) is 61.3 Å². The molecule has 0 radical (unpaired) electrons. The molecule has 0 saturated carbocycles. The van der Waals surface area contributed by atoms with Crippen LogP contribution in [-0.4, -0.2) is 86.0 Å². The first-order valence-electron chi connectivity index (χ1n) is 11.3. The molecule has 32 heavy (non-hydrogen) atoms. The third-order valence-corrected chi connectivity index (χ3v) is 5.70. The van der Waals surface area contributed by atoms with Gasteiger partial charge >= 0.3 is 6.09 Å². The number of carbonyl (C=O) groups is 1. The highest BCUT2D eigenvalue weighted by molar-refractivity contribution is 14.0. The molecule has 2 atom stereocenters. The summed E-state index contributed by atoms with van der Waals surface area (Å²) in [7, 11) is 1.74. The van der Waals surface area contributed by atoms with Gasteiger partial charge in [-0.05, 0) is 48.5 Å². The molecule has 0 bridgehead atoms. The lowest BCUT2D eigenvalue weighted by Gasteiger charge is -2.35. The molecule has 2 N–H and O–H groups in total. The highest BCUT2D eigenvalue weighted by atomic mass is 127. The van der Waals surface area contributed by atoms with Gasteiger partial charge in [0.2, 0.25) is 0 Å². The first-order chi connectivity index (χ1) is 14.4. The zero-order valence-electron chi connectivity index (χ0n) is 20.9. The predicted octanol–water partition coefficient (Wildman–Crippen LogP) is 3.12. The van der Waals surface area contributed by atoms with Crippen molar-refractivity contribution in [3.63, 3.8) is 0 Å². The van der Waals surface area contributed by atoms with Crippen LogP contribution in [0.15, 0.2) is 4.99 Å². The second-order valence-corrected chi connectivity index (χ2v) is 9.76. The molecular formula is C22H43IN4O5. The summed E-state index contributed by atoms with van der Waals surface area (Å²) >= 11 is 0. The molecule has 0 aromatic heterocycles. The Balaban J connectivity index is 0.00000512. The van der Waals surface area contributed by atoms with Crippen molar-refractivity contribution in [2.24, 2.45) is 4.99 Å². The molecule has 1 amide bonds. The van der Waals surface area contributed by atoms with E-state index in [9.17, 15) is 4.79 Å². The molecule has 10 heteroatoms. The monoisotopic (exact) mass is 570 g/mol. The molecule has 2 aliphatic rings. The molecule has 0 aromatic carbocycles. The Morgan fingerprint density at radius 3 is 2.38 bits per heavy atom. The van der Waals surface area contributed by atoms with Gasteiger partial charge in [0.05, 0.1) is 24.3 Å². The van der Waals surface area contributed by atoms with Crippen LogP contribution in [0.3, 0.4) is 0 Å². The van der Waals surface area contributed by atoms with Crippen molar-refractivity contribution in [1.29, 1.82) is 0 Å². The van der Waals surface area contributed by atoms with E-state index in [4.69, 9.17) is 23.9 Å². The van der Waals surface area contributed by atoms with Crippen molar-refractivity contribution in [1.82, 2.24) is 15.5 Å². The normalized spacial score (nSPS) is 25.1. The van der Waals surface area contributed by atoms with E-state index in [0.29, 0.717) is 32.3 Å². The van der Waals surface area contributed by atoms with E-state index < -0.39 is 11.3 Å². The number of aliphatic imine (C=N–C) groups is 1. The molecule has 2 fully saturated rings. The van der Waals surface area contributed by atoms with Crippen LogP contribution in [-0.2, 0) is 18.9 Å². The van der Waals surface area contributed by atoms with Gasteiger partial charge in [-0.3, -0.25) is 9.89 Å². The fraction of sp³-hybridized carbons (Fsp3) is 0.909. The number of amides is 1. The number of nitrogens with one attached hydrogen (secondary N) is 2. The van der Waals surface area contributed by atoms with Gasteiger partial charge in [0, 0.05) is 46.3 Å². The van der Waals surface area contributed by atoms with E-state index in [2.05, 4.69) is 10.6 Å². The van der Waals surface area contributed by atoms with Crippen LogP contribution >= 0.6 is 24.0 Å². The largest absolute Gasteiger partial charge is 0.444 e. The van der Waals surface area contributed by atoms with E-state index in [0.717, 1.165) is 19.4 Å². The van der Waals surface area contributed by atoms with Crippen molar-refractivity contribution < 1.29 is 23.7 Å². The number of rotatable bonds is 6. The highest BCUT2D eigenvalue weighted by Gasteiger charge is 2.49. The van der Waals surface area contributed by atoms with Gasteiger partial charge in [-0.15, -0.1) is 24.0 Å². The van der Waals surface area contributed by atoms with Crippen LogP contribution in [0.25, 0.3) is 0 Å². The smallest absolute Gasteiger partial charge is 0.412 e. The molecule has 2 unspecified atom stereocenters. The summed E-state index contributed by atoms with van der Waals surface area (Å²) in [5.41, 5.74) is -1.63. The first-order valence-corrected chi connectivity index (χ1v) is 11.3. The lowest BCUT2D eigenvalue weighted by molar-refractivity contribution is -0.0829. The van der Waals surface area contributed by atoms with Crippen molar-refractivity contribution >= 4 is 36.0 Å². The topological polar surface area (TPSA) is 93.7 Å². The number of hydrogen-bond donors (Lipinski definition) is 2. The third-order valence-electron chi connectivity index (χ3n) is 5.70. The molecule has 2 heterocycles. The van der Waals surface area contributed by atoms with Crippen molar-refractivity contribution in [2.75, 3.05) is 40.0 Å². The van der Waals surface area contributed by atoms with Crippen LogP contribution in [0.5, 0.6) is 0 Å². The standard InChI is InChI=1S/C22H42N4O5.HI/c1-9-23-18(25-15-22(28-8)10-12-29-13-11-22)24-14-17-16(2)30-21(6,7)26(17)19(27)31-20(3,4)5;/h16-17H,9-15H2,1-8H3,(H2,23,24,25);1H. The minimum atomic E-state index is -0.758. The fourth-order valence-electron chi connectivity index (χ4n) is 4.06. The molecule has 2 aliphatic heterocycles. The number of ether oxygens (including phenoxy) is 4. The van der Waals surface area contributed by atoms with Crippen LogP contribution in [0.2, 0.25) is 0 Å². The number of carbonyl (C=O) groups excluding carboxylic acids is 1. The summed E-state index contributed by atoms with van der Waals surface area (Å²) in [6.07, 6.45) is 1.11. The Morgan fingerprint density at radius 1 is 1.22 bits per heavy atom. The van der Waals surface area contributed by atoms with E-state index in [1.165, 1.54) is 0 Å². The fourth-order valence-corrected chi connectivity index (χ4v) is 4.06. The number of nitrogens with zero attached hydrogens (tertiary/aromatic N) is 2. The van der Waals surface area contributed by atoms with Crippen molar-refractivity contribution in [2.45, 2.75) is 90.4 Å². The molecule has 0 aliphatic carbocycles. The zero-order valence-corrected chi connectivity index (χ0v) is 23.3. The summed E-state index contributed by atoms with van der Waals surface area (Å²) in [6, 6.07) is -0.201. The molecule has 188 valence electrons. The lowest BCUT2D eigenvalue weighted by Crippen LogP contribution is -2.54. The maximum atomic E-state index is 12.9. The summed E-state index contributed by atoms with van der Waals surface area (Å²) in [5, 5.41) is 6.66. The molecule has 0 spiro atoms. The second-order valence-electron chi connectivity index (χ2n) is 9.76. The lowest BCUT2D eigenvalue weighted by atomic mass is 9.94. The average molecular weight is 571 g/mol. The van der Waals surface area contributed by atoms with Crippen LogP contribution < -0.4 is 10.6 Å². The number of methoxy groups -OCH3 is 1. The number of halogens is 1. The van der Waals surface area contributed by atoms with E-state index in [1.54, 1.807) is 12.0 Å². The molecule has 0 aromatic rings. The molecule has 9 nitrogen and oxygen atoms in total. The quantitative estimate of drug-likeness (QED) is 0.288. The Kier molecular flexibility index (Phi) is 11.0. The van der Waals surface area contributed by atoms with Crippen molar-refractivity contribution in [3.8, 4) is 0 Å². The number of guanidine groups is 1. The zero-order chi connectivity index (χ0) is 23.3. The van der Waals surface area contributed by atoms with E-state index in [1.807, 2.05) is 48.5 Å². The van der Waals surface area contributed by atoms with Gasteiger partial charge in [0.1, 0.15) is 11.3 Å². The van der Waals surface area contributed by atoms with E-state index in [-0.39, 0.29) is 47.8 Å². The maximum absolute atomic E-state index is 12.9. The van der Waals surface area contributed by atoms with Crippen LogP contribution in [0.4, 0.5) is 4.79 Å². The summed E-state index contributed by atoms with van der Waals surface area (Å²) < 4.78 is 23.0. The second kappa shape index (κ2) is 12.0. The van der Waals surface area contributed by atoms with Crippen LogP contribution in [0, 0.1) is 0 Å².